The fraction of sp³-hybridized carbons (Fsp3) is 0.276. The van der Waals surface area contributed by atoms with Crippen LogP contribution in [0, 0.1) is 6.92 Å². The summed E-state index contributed by atoms with van der Waals surface area (Å²) in [5, 5.41) is 13.5. The van der Waals surface area contributed by atoms with E-state index in [1.807, 2.05) is 54.8 Å². The number of benzene rings is 3. The van der Waals surface area contributed by atoms with E-state index in [0.717, 1.165) is 29.8 Å². The SMILES string of the molecule is Cc1cc([C@@H](C)Nc2ccccc2C(=O)O)c2nc3n(c(=O)c2c1)CC[C@]3(C)Cc1ccccc1. The molecule has 0 fully saturated rings. The number of nitrogens with zero attached hydrogens (tertiary/aromatic N) is 2. The van der Waals surface area contributed by atoms with Crippen molar-refractivity contribution >= 4 is 22.6 Å². The van der Waals surface area contributed by atoms with Crippen molar-refractivity contribution in [3.8, 4) is 0 Å². The first-order valence-electron chi connectivity index (χ1n) is 12.0. The van der Waals surface area contributed by atoms with Gasteiger partial charge in [0.25, 0.3) is 5.56 Å². The number of carboxylic acid groups (broad SMARTS) is 1. The summed E-state index contributed by atoms with van der Waals surface area (Å²) in [6, 6.07) is 20.9. The van der Waals surface area contributed by atoms with Gasteiger partial charge in [-0.25, -0.2) is 9.78 Å². The number of aromatic carboxylic acids is 1. The Morgan fingerprint density at radius 3 is 2.60 bits per heavy atom. The molecule has 0 amide bonds. The van der Waals surface area contributed by atoms with Crippen LogP contribution in [0.15, 0.2) is 71.5 Å². The molecule has 0 aliphatic carbocycles. The van der Waals surface area contributed by atoms with Crippen LogP contribution in [-0.2, 0) is 18.4 Å². The number of carbonyl (C=O) groups is 1. The van der Waals surface area contributed by atoms with E-state index in [-0.39, 0.29) is 22.6 Å². The van der Waals surface area contributed by atoms with Gasteiger partial charge in [-0.3, -0.25) is 9.36 Å². The minimum atomic E-state index is -0.986. The molecule has 2 heterocycles. The fourth-order valence-electron chi connectivity index (χ4n) is 5.29. The highest BCUT2D eigenvalue weighted by Gasteiger charge is 2.38. The molecule has 2 atom stereocenters. The Hall–Kier alpha value is -3.93. The zero-order valence-electron chi connectivity index (χ0n) is 20.2. The van der Waals surface area contributed by atoms with Gasteiger partial charge in [-0.1, -0.05) is 55.5 Å². The first-order chi connectivity index (χ1) is 16.8. The third-order valence-electron chi connectivity index (χ3n) is 7.09. The van der Waals surface area contributed by atoms with Gasteiger partial charge in [-0.2, -0.15) is 0 Å². The Bertz CT molecular complexity index is 1490. The minimum absolute atomic E-state index is 0.00938. The molecule has 4 aromatic rings. The zero-order chi connectivity index (χ0) is 24.7. The largest absolute Gasteiger partial charge is 0.478 e. The summed E-state index contributed by atoms with van der Waals surface area (Å²) in [4.78, 5) is 30.5. The number of hydrogen-bond donors (Lipinski definition) is 2. The van der Waals surface area contributed by atoms with E-state index in [4.69, 9.17) is 4.98 Å². The highest BCUT2D eigenvalue weighted by Crippen LogP contribution is 2.37. The molecule has 35 heavy (non-hydrogen) atoms. The molecular formula is C29H29N3O3. The van der Waals surface area contributed by atoms with Crippen LogP contribution in [0.3, 0.4) is 0 Å². The second-order valence-electron chi connectivity index (χ2n) is 9.83. The first-order valence-corrected chi connectivity index (χ1v) is 12.0. The maximum Gasteiger partial charge on any atom is 0.337 e. The number of aromatic nitrogens is 2. The Labute approximate surface area is 204 Å². The minimum Gasteiger partial charge on any atom is -0.478 e. The molecule has 2 N–H and O–H groups in total. The normalized spacial score (nSPS) is 17.8. The standard InChI is InChI=1S/C29H29N3O3/c1-18-15-22(19(2)30-24-12-8-7-11-21(24)27(34)35)25-23(16-18)26(33)32-14-13-29(3,28(32)31-25)17-20-9-5-4-6-10-20/h4-12,15-16,19,30H,13-14,17H2,1-3H3,(H,34,35)/t19-,29-/m1/s1. The summed E-state index contributed by atoms with van der Waals surface area (Å²) in [6.45, 7) is 6.79. The van der Waals surface area contributed by atoms with E-state index < -0.39 is 5.97 Å². The molecule has 6 heteroatoms. The first kappa shape index (κ1) is 22.8. The predicted molar refractivity (Wildman–Crippen MR) is 138 cm³/mol. The van der Waals surface area contributed by atoms with Crippen molar-refractivity contribution in [2.24, 2.45) is 0 Å². The third-order valence-corrected chi connectivity index (χ3v) is 7.09. The van der Waals surface area contributed by atoms with Gasteiger partial charge >= 0.3 is 5.97 Å². The van der Waals surface area contributed by atoms with Crippen molar-refractivity contribution in [2.75, 3.05) is 5.32 Å². The molecule has 0 saturated carbocycles. The lowest BCUT2D eigenvalue weighted by Gasteiger charge is -2.25. The topological polar surface area (TPSA) is 84.2 Å². The molecule has 0 bridgehead atoms. The maximum absolute atomic E-state index is 13.6. The summed E-state index contributed by atoms with van der Waals surface area (Å²) in [5.74, 6) is -0.164. The average Bonchev–Trinajstić information content (AvgIpc) is 3.16. The average molecular weight is 468 g/mol. The van der Waals surface area contributed by atoms with E-state index in [0.29, 0.717) is 23.1 Å². The summed E-state index contributed by atoms with van der Waals surface area (Å²) in [5.41, 5.74) is 4.25. The number of hydrogen-bond acceptors (Lipinski definition) is 4. The van der Waals surface area contributed by atoms with Gasteiger partial charge in [0.15, 0.2) is 0 Å². The number of fused-ring (bicyclic) bond motifs is 2. The van der Waals surface area contributed by atoms with Gasteiger partial charge in [0.2, 0.25) is 0 Å². The summed E-state index contributed by atoms with van der Waals surface area (Å²) in [6.07, 6.45) is 1.67. The quantitative estimate of drug-likeness (QED) is 0.392. The number of aryl methyl sites for hydroxylation is 1. The highest BCUT2D eigenvalue weighted by molar-refractivity contribution is 5.94. The second kappa shape index (κ2) is 8.69. The summed E-state index contributed by atoms with van der Waals surface area (Å²) in [7, 11) is 0. The van der Waals surface area contributed by atoms with Gasteiger partial charge in [0.1, 0.15) is 5.82 Å². The van der Waals surface area contributed by atoms with Crippen molar-refractivity contribution in [1.29, 1.82) is 0 Å². The molecule has 0 spiro atoms. The highest BCUT2D eigenvalue weighted by atomic mass is 16.4. The van der Waals surface area contributed by atoms with Crippen molar-refractivity contribution < 1.29 is 9.90 Å². The molecule has 0 saturated heterocycles. The number of para-hydroxylation sites is 1. The van der Waals surface area contributed by atoms with E-state index in [2.05, 4.69) is 24.4 Å². The Morgan fingerprint density at radius 1 is 1.14 bits per heavy atom. The van der Waals surface area contributed by atoms with Crippen LogP contribution in [-0.4, -0.2) is 20.6 Å². The van der Waals surface area contributed by atoms with E-state index in [1.54, 1.807) is 18.2 Å². The van der Waals surface area contributed by atoms with Crippen LogP contribution >= 0.6 is 0 Å². The van der Waals surface area contributed by atoms with Crippen molar-refractivity contribution in [2.45, 2.75) is 51.6 Å². The molecule has 178 valence electrons. The number of carboxylic acids is 1. The Balaban J connectivity index is 1.62. The predicted octanol–water partition coefficient (Wildman–Crippen LogP) is 5.48. The van der Waals surface area contributed by atoms with Gasteiger partial charge in [-0.15, -0.1) is 0 Å². The molecule has 5 rings (SSSR count). The van der Waals surface area contributed by atoms with Crippen molar-refractivity contribution in [1.82, 2.24) is 9.55 Å². The van der Waals surface area contributed by atoms with E-state index in [9.17, 15) is 14.7 Å². The molecule has 0 unspecified atom stereocenters. The zero-order valence-corrected chi connectivity index (χ0v) is 20.2. The van der Waals surface area contributed by atoms with Crippen LogP contribution in [0.1, 0.15) is 59.2 Å². The van der Waals surface area contributed by atoms with Gasteiger partial charge in [0.05, 0.1) is 22.5 Å². The number of rotatable bonds is 6. The summed E-state index contributed by atoms with van der Waals surface area (Å²) < 4.78 is 1.84. The second-order valence-corrected chi connectivity index (χ2v) is 9.83. The summed E-state index contributed by atoms with van der Waals surface area (Å²) >= 11 is 0. The lowest BCUT2D eigenvalue weighted by molar-refractivity contribution is 0.0698. The van der Waals surface area contributed by atoms with Gasteiger partial charge in [-0.05, 0) is 56.0 Å². The molecule has 1 aliphatic heterocycles. The van der Waals surface area contributed by atoms with Gasteiger partial charge < -0.3 is 10.4 Å². The molecule has 6 nitrogen and oxygen atoms in total. The van der Waals surface area contributed by atoms with Crippen molar-refractivity contribution in [3.63, 3.8) is 0 Å². The lowest BCUT2D eigenvalue weighted by Crippen LogP contribution is -2.28. The third kappa shape index (κ3) is 4.09. The van der Waals surface area contributed by atoms with Crippen LogP contribution in [0.2, 0.25) is 0 Å². The molecule has 3 aromatic carbocycles. The lowest BCUT2D eigenvalue weighted by atomic mass is 9.81. The number of nitrogens with one attached hydrogen (secondary N) is 1. The van der Waals surface area contributed by atoms with Gasteiger partial charge in [0, 0.05) is 23.2 Å². The molecular weight excluding hydrogens is 438 g/mol. The molecule has 1 aromatic heterocycles. The fourth-order valence-corrected chi connectivity index (χ4v) is 5.29. The Kier molecular flexibility index (Phi) is 5.67. The van der Waals surface area contributed by atoms with Crippen LogP contribution in [0.25, 0.3) is 10.9 Å². The molecule has 1 aliphatic rings. The molecule has 0 radical (unpaired) electrons. The Morgan fingerprint density at radius 2 is 1.86 bits per heavy atom. The number of anilines is 1. The van der Waals surface area contributed by atoms with Crippen LogP contribution in [0.4, 0.5) is 5.69 Å². The smallest absolute Gasteiger partial charge is 0.337 e. The van der Waals surface area contributed by atoms with E-state index in [1.165, 1.54) is 5.56 Å². The van der Waals surface area contributed by atoms with Crippen LogP contribution in [0.5, 0.6) is 0 Å². The monoisotopic (exact) mass is 467 g/mol. The maximum atomic E-state index is 13.6. The van der Waals surface area contributed by atoms with Crippen LogP contribution < -0.4 is 10.9 Å². The van der Waals surface area contributed by atoms with E-state index >= 15 is 0 Å². The van der Waals surface area contributed by atoms with Crippen molar-refractivity contribution in [3.05, 3.63) is 105 Å².